The van der Waals surface area contributed by atoms with Crippen LogP contribution < -0.4 is 4.72 Å². The van der Waals surface area contributed by atoms with Crippen molar-refractivity contribution < 1.29 is 37.2 Å². The molecular formula is C18H23N4O8PS. The fraction of sp³-hybridized carbons (Fsp3) is 0.333. The minimum absolute atomic E-state index is 0.0175. The molecule has 0 unspecified atom stereocenters. The van der Waals surface area contributed by atoms with Gasteiger partial charge in [0.25, 0.3) is 0 Å². The van der Waals surface area contributed by atoms with Crippen LogP contribution in [0, 0.1) is 6.92 Å². The van der Waals surface area contributed by atoms with Gasteiger partial charge in [-0.2, -0.15) is 0 Å². The number of aryl methyl sites for hydroxylation is 1. The molecule has 1 aromatic heterocycles. The van der Waals surface area contributed by atoms with Crippen LogP contribution in [-0.4, -0.2) is 40.1 Å². The van der Waals surface area contributed by atoms with Gasteiger partial charge in [-0.25, -0.2) is 22.7 Å². The van der Waals surface area contributed by atoms with Crippen LogP contribution >= 0.6 is 7.82 Å². The molecule has 0 amide bonds. The zero-order valence-corrected chi connectivity index (χ0v) is 19.4. The van der Waals surface area contributed by atoms with Gasteiger partial charge in [0.15, 0.2) is 12.1 Å². The van der Waals surface area contributed by atoms with E-state index in [0.717, 1.165) is 0 Å². The predicted molar refractivity (Wildman–Crippen MR) is 114 cm³/mol. The number of hydrogen-bond donors (Lipinski definition) is 4. The van der Waals surface area contributed by atoms with Gasteiger partial charge in [0, 0.05) is 11.1 Å². The second-order valence-electron chi connectivity index (χ2n) is 7.69. The molecule has 0 fully saturated rings. The van der Waals surface area contributed by atoms with Gasteiger partial charge in [-0.15, -0.1) is 10.2 Å². The van der Waals surface area contributed by atoms with Gasteiger partial charge in [-0.05, 0) is 52.0 Å². The van der Waals surface area contributed by atoms with Crippen molar-refractivity contribution in [3.8, 4) is 5.75 Å². The summed E-state index contributed by atoms with van der Waals surface area (Å²) in [5.74, 6) is -0.689. The highest BCUT2D eigenvalue weighted by Gasteiger charge is 2.23. The Morgan fingerprint density at radius 3 is 2.28 bits per heavy atom. The smallest absolute Gasteiger partial charge is 0.469 e. The van der Waals surface area contributed by atoms with Crippen LogP contribution in [0.2, 0.25) is 0 Å². The summed E-state index contributed by atoms with van der Waals surface area (Å²) in [6.07, 6.45) is 0.281. The molecule has 14 heteroatoms. The summed E-state index contributed by atoms with van der Waals surface area (Å²) in [6.45, 7) is 5.77. The number of nitrogens with zero attached hydrogens (tertiary/aromatic N) is 3. The third kappa shape index (κ3) is 6.99. The van der Waals surface area contributed by atoms with Gasteiger partial charge in [0.2, 0.25) is 10.0 Å². The zero-order valence-electron chi connectivity index (χ0n) is 17.7. The van der Waals surface area contributed by atoms with Gasteiger partial charge in [-0.1, -0.05) is 0 Å². The summed E-state index contributed by atoms with van der Waals surface area (Å²) >= 11 is 0. The maximum atomic E-state index is 12.4. The van der Waals surface area contributed by atoms with Crippen LogP contribution in [0.15, 0.2) is 39.4 Å². The molecule has 0 aliphatic rings. The normalized spacial score (nSPS) is 12.9. The van der Waals surface area contributed by atoms with Gasteiger partial charge >= 0.3 is 7.82 Å². The number of aromatic hydroxyl groups is 1. The Balaban J connectivity index is 2.39. The van der Waals surface area contributed by atoms with Crippen molar-refractivity contribution in [3.63, 3.8) is 0 Å². The molecule has 0 saturated heterocycles. The molecule has 0 spiro atoms. The summed E-state index contributed by atoms with van der Waals surface area (Å²) in [5, 5.41) is 17.8. The van der Waals surface area contributed by atoms with Crippen LogP contribution in [0.3, 0.4) is 0 Å². The highest BCUT2D eigenvalue weighted by molar-refractivity contribution is 7.89. The molecule has 2 aromatic rings. The molecular weight excluding hydrogens is 463 g/mol. The van der Waals surface area contributed by atoms with E-state index in [9.17, 15) is 22.9 Å². The minimum atomic E-state index is -4.88. The molecule has 0 radical (unpaired) electrons. The average molecular weight is 486 g/mol. The molecule has 12 nitrogen and oxygen atoms in total. The Labute approximate surface area is 184 Å². The van der Waals surface area contributed by atoms with Gasteiger partial charge in [0.05, 0.1) is 28.4 Å². The molecule has 0 saturated carbocycles. The molecule has 0 aliphatic heterocycles. The molecule has 0 bridgehead atoms. The number of nitrogens with one attached hydrogen (secondary N) is 1. The second-order valence-corrected chi connectivity index (χ2v) is 10.6. The van der Waals surface area contributed by atoms with Crippen molar-refractivity contribution >= 4 is 35.6 Å². The van der Waals surface area contributed by atoms with E-state index in [0.29, 0.717) is 0 Å². The average Bonchev–Trinajstić information content (AvgIpc) is 2.65. The fourth-order valence-corrected chi connectivity index (χ4v) is 4.21. The number of phosphoric acid groups is 1. The number of aromatic nitrogens is 1. The van der Waals surface area contributed by atoms with E-state index < -0.39 is 35.7 Å². The van der Waals surface area contributed by atoms with Crippen molar-refractivity contribution in [2.45, 2.75) is 44.7 Å². The molecule has 174 valence electrons. The van der Waals surface area contributed by atoms with E-state index >= 15 is 0 Å². The first-order valence-electron chi connectivity index (χ1n) is 9.06. The third-order valence-corrected chi connectivity index (χ3v) is 6.05. The van der Waals surface area contributed by atoms with Gasteiger partial charge in [-0.3, -0.25) is 9.32 Å². The lowest BCUT2D eigenvalue weighted by atomic mass is 10.1. The van der Waals surface area contributed by atoms with Crippen LogP contribution in [0.4, 0.5) is 11.5 Å². The van der Waals surface area contributed by atoms with Crippen molar-refractivity contribution in [2.75, 3.05) is 0 Å². The summed E-state index contributed by atoms with van der Waals surface area (Å²) in [5.41, 5.74) is -0.864. The first-order valence-corrected chi connectivity index (χ1v) is 12.1. The van der Waals surface area contributed by atoms with E-state index in [2.05, 4.69) is 24.5 Å². The highest BCUT2D eigenvalue weighted by Crippen LogP contribution is 2.40. The highest BCUT2D eigenvalue weighted by atomic mass is 32.2. The summed E-state index contributed by atoms with van der Waals surface area (Å²) in [7, 11) is -8.62. The zero-order chi connectivity index (χ0) is 24.3. The van der Waals surface area contributed by atoms with E-state index in [1.807, 2.05) is 0 Å². The number of hydrogen-bond acceptors (Lipinski definition) is 9. The minimum Gasteiger partial charge on any atom is -0.505 e. The van der Waals surface area contributed by atoms with Crippen LogP contribution in [0.25, 0.3) is 0 Å². The second kappa shape index (κ2) is 9.53. The number of carbonyl (C=O) groups excluding carboxylic acids is 1. The number of benzene rings is 1. The standard InChI is InChI=1S/C18H23N4O8PS/c1-11-16(24)14(9-23)15(10-30-31(25,26)27)17(19-11)21-20-12-5-7-13(8-6-12)32(28,29)22-18(2,3)4/h5-9,22,24H,10H2,1-4H3,(H2,25,26,27). The Morgan fingerprint density at radius 2 is 1.78 bits per heavy atom. The molecule has 0 atom stereocenters. The number of pyridine rings is 1. The number of rotatable bonds is 8. The number of aldehydes is 1. The molecule has 32 heavy (non-hydrogen) atoms. The molecule has 1 aromatic carbocycles. The Morgan fingerprint density at radius 1 is 1.19 bits per heavy atom. The molecule has 1 heterocycles. The van der Waals surface area contributed by atoms with Crippen molar-refractivity contribution in [2.24, 2.45) is 10.2 Å². The molecule has 2 rings (SSSR count). The maximum absolute atomic E-state index is 12.4. The monoisotopic (exact) mass is 486 g/mol. The van der Waals surface area contributed by atoms with E-state index in [-0.39, 0.29) is 39.5 Å². The Kier molecular flexibility index (Phi) is 7.66. The summed E-state index contributed by atoms with van der Waals surface area (Å²) < 4.78 is 42.7. The fourth-order valence-electron chi connectivity index (χ4n) is 2.50. The lowest BCUT2D eigenvalue weighted by Gasteiger charge is -2.20. The lowest BCUT2D eigenvalue weighted by molar-refractivity contribution is 0.111. The molecule has 4 N–H and O–H groups in total. The van der Waals surface area contributed by atoms with Crippen molar-refractivity contribution in [1.82, 2.24) is 9.71 Å². The van der Waals surface area contributed by atoms with E-state index in [4.69, 9.17) is 9.79 Å². The van der Waals surface area contributed by atoms with Crippen molar-refractivity contribution in [1.29, 1.82) is 0 Å². The Hall–Kier alpha value is -2.54. The quantitative estimate of drug-likeness (QED) is 0.247. The maximum Gasteiger partial charge on any atom is 0.469 e. The van der Waals surface area contributed by atoms with E-state index in [1.54, 1.807) is 20.8 Å². The number of phosphoric ester groups is 1. The first kappa shape index (κ1) is 25.7. The van der Waals surface area contributed by atoms with Crippen molar-refractivity contribution in [3.05, 3.63) is 41.1 Å². The molecule has 0 aliphatic carbocycles. The van der Waals surface area contributed by atoms with Crippen LogP contribution in [-0.2, 0) is 25.7 Å². The largest absolute Gasteiger partial charge is 0.505 e. The van der Waals surface area contributed by atoms with E-state index in [1.165, 1.54) is 31.2 Å². The predicted octanol–water partition coefficient (Wildman–Crippen LogP) is 3.01. The third-order valence-electron chi connectivity index (χ3n) is 3.81. The Bertz CT molecular complexity index is 1180. The van der Waals surface area contributed by atoms with Gasteiger partial charge in [0.1, 0.15) is 5.75 Å². The summed E-state index contributed by atoms with van der Waals surface area (Å²) in [6, 6.07) is 5.43. The number of azo groups is 1. The van der Waals surface area contributed by atoms with Crippen LogP contribution in [0.5, 0.6) is 5.75 Å². The first-order chi connectivity index (χ1) is 14.6. The summed E-state index contributed by atoms with van der Waals surface area (Å²) in [4.78, 5) is 33.3. The lowest BCUT2D eigenvalue weighted by Crippen LogP contribution is -2.40. The van der Waals surface area contributed by atoms with Crippen LogP contribution in [0.1, 0.15) is 42.4 Å². The number of carbonyl (C=O) groups is 1. The SMILES string of the molecule is Cc1nc(N=Nc2ccc(S(=O)(=O)NC(C)(C)C)cc2)c(COP(=O)(O)O)c(C=O)c1O. The van der Waals surface area contributed by atoms with Gasteiger partial charge < -0.3 is 14.9 Å². The number of sulfonamides is 1. The topological polar surface area (TPSA) is 188 Å².